The molecule has 0 radical (unpaired) electrons. The lowest BCUT2D eigenvalue weighted by molar-refractivity contribution is -0.158. The van der Waals surface area contributed by atoms with Crippen molar-refractivity contribution in [1.82, 2.24) is 9.80 Å². The SMILES string of the molecule is C=CCOC(=O)N1[C@@H]2Cc3cc(C)c(OC)c(OCC=C)c3[C@H]1[C@H](CO[Si](C)(C)C(C)(C)C)N([C@@H](C(=O)OCC)c1cc(OCOC)c(C)c3c1OCO3)[C@H]2C#N. The van der Waals surface area contributed by atoms with Crippen LogP contribution in [-0.2, 0) is 29.9 Å². The van der Waals surface area contributed by atoms with Crippen LogP contribution in [0, 0.1) is 25.2 Å². The third-order valence-electron chi connectivity index (χ3n) is 11.3. The fourth-order valence-corrected chi connectivity index (χ4v) is 8.73. The summed E-state index contributed by atoms with van der Waals surface area (Å²) in [6.07, 6.45) is 2.69. The summed E-state index contributed by atoms with van der Waals surface area (Å²) in [6.45, 7) is 23.7. The van der Waals surface area contributed by atoms with Crippen LogP contribution < -0.4 is 23.7 Å². The highest BCUT2D eigenvalue weighted by Gasteiger charge is 2.59. The summed E-state index contributed by atoms with van der Waals surface area (Å²) < 4.78 is 54.4. The van der Waals surface area contributed by atoms with Crippen molar-refractivity contribution in [1.29, 1.82) is 5.26 Å². The van der Waals surface area contributed by atoms with Crippen LogP contribution in [0.1, 0.15) is 67.6 Å². The molecule has 2 bridgehead atoms. The third kappa shape index (κ3) is 8.18. The molecule has 2 aromatic rings. The fourth-order valence-electron chi connectivity index (χ4n) is 7.71. The van der Waals surface area contributed by atoms with Crippen LogP contribution in [0.2, 0.25) is 18.1 Å². The number of fused-ring (bicyclic) bond motifs is 5. The average Bonchev–Trinajstić information content (AvgIpc) is 3.66. The number of nitrogens with zero attached hydrogens (tertiary/aromatic N) is 3. The number of hydrogen-bond acceptors (Lipinski definition) is 13. The molecule has 15 heteroatoms. The van der Waals surface area contributed by atoms with Crippen molar-refractivity contribution in [3.05, 3.63) is 65.3 Å². The summed E-state index contributed by atoms with van der Waals surface area (Å²) >= 11 is 0. The summed E-state index contributed by atoms with van der Waals surface area (Å²) in [7, 11) is 0.531. The molecule has 310 valence electrons. The molecule has 0 N–H and O–H groups in total. The van der Waals surface area contributed by atoms with E-state index < -0.39 is 50.6 Å². The Bertz CT molecular complexity index is 1890. The summed E-state index contributed by atoms with van der Waals surface area (Å²) in [4.78, 5) is 32.7. The number of methoxy groups -OCH3 is 2. The molecule has 0 saturated carbocycles. The molecule has 5 rings (SSSR count). The van der Waals surface area contributed by atoms with Gasteiger partial charge in [-0.25, -0.2) is 9.59 Å². The molecule has 0 spiro atoms. The predicted octanol–water partition coefficient (Wildman–Crippen LogP) is 7.08. The Morgan fingerprint density at radius 1 is 1.05 bits per heavy atom. The first kappa shape index (κ1) is 43.4. The zero-order valence-corrected chi connectivity index (χ0v) is 35.9. The molecule has 57 heavy (non-hydrogen) atoms. The zero-order chi connectivity index (χ0) is 41.8. The Morgan fingerprint density at radius 2 is 1.75 bits per heavy atom. The number of rotatable bonds is 16. The Kier molecular flexibility index (Phi) is 13.5. The summed E-state index contributed by atoms with van der Waals surface area (Å²) in [5.74, 6) is 1.37. The number of ether oxygens (including phenoxy) is 8. The largest absolute Gasteiger partial charge is 0.493 e. The van der Waals surface area contributed by atoms with Crippen LogP contribution in [0.3, 0.4) is 0 Å². The lowest BCUT2D eigenvalue weighted by atomic mass is 9.76. The first-order chi connectivity index (χ1) is 27.1. The molecular weight excluding hydrogens is 751 g/mol. The van der Waals surface area contributed by atoms with E-state index in [9.17, 15) is 14.9 Å². The topological polar surface area (TPSA) is 147 Å². The molecule has 1 saturated heterocycles. The van der Waals surface area contributed by atoms with E-state index in [4.69, 9.17) is 42.3 Å². The fraction of sp³-hybridized carbons (Fsp3) is 0.548. The van der Waals surface area contributed by atoms with Gasteiger partial charge in [0.15, 0.2) is 38.1 Å². The van der Waals surface area contributed by atoms with Gasteiger partial charge in [0, 0.05) is 23.8 Å². The monoisotopic (exact) mass is 807 g/mol. The van der Waals surface area contributed by atoms with E-state index in [1.54, 1.807) is 31.1 Å². The van der Waals surface area contributed by atoms with Crippen LogP contribution in [0.25, 0.3) is 0 Å². The lowest BCUT2D eigenvalue weighted by Crippen LogP contribution is -2.70. The van der Waals surface area contributed by atoms with E-state index in [2.05, 4.69) is 53.1 Å². The van der Waals surface area contributed by atoms with Crippen molar-refractivity contribution in [2.45, 2.75) is 96.3 Å². The third-order valence-corrected chi connectivity index (χ3v) is 15.8. The van der Waals surface area contributed by atoms with Gasteiger partial charge < -0.3 is 42.3 Å². The number of carbonyl (C=O) groups is 2. The van der Waals surface area contributed by atoms with Gasteiger partial charge in [-0.05, 0) is 62.5 Å². The van der Waals surface area contributed by atoms with Gasteiger partial charge in [0.2, 0.25) is 6.79 Å². The molecule has 3 aliphatic rings. The lowest BCUT2D eigenvalue weighted by Gasteiger charge is -2.58. The molecule has 3 heterocycles. The number of benzene rings is 2. The van der Waals surface area contributed by atoms with E-state index in [1.807, 2.05) is 24.8 Å². The van der Waals surface area contributed by atoms with Crippen LogP contribution in [0.4, 0.5) is 4.79 Å². The Hall–Kier alpha value is -4.75. The van der Waals surface area contributed by atoms with Crippen LogP contribution in [-0.4, -0.2) is 103 Å². The van der Waals surface area contributed by atoms with E-state index in [0.29, 0.717) is 45.4 Å². The smallest absolute Gasteiger partial charge is 0.411 e. The van der Waals surface area contributed by atoms with E-state index in [-0.39, 0.29) is 51.5 Å². The zero-order valence-electron chi connectivity index (χ0n) is 34.9. The van der Waals surface area contributed by atoms with Gasteiger partial charge in [-0.3, -0.25) is 9.80 Å². The number of hydrogen-bond donors (Lipinski definition) is 0. The number of amides is 1. The molecule has 1 fully saturated rings. The number of nitriles is 1. The van der Waals surface area contributed by atoms with Crippen molar-refractivity contribution < 1.29 is 51.9 Å². The maximum absolute atomic E-state index is 14.8. The maximum Gasteiger partial charge on any atom is 0.411 e. The quantitative estimate of drug-likeness (QED) is 0.0737. The minimum Gasteiger partial charge on any atom is -0.493 e. The highest BCUT2D eigenvalue weighted by atomic mass is 28.4. The van der Waals surface area contributed by atoms with E-state index >= 15 is 0 Å². The Balaban J connectivity index is 1.89. The Morgan fingerprint density at radius 3 is 2.37 bits per heavy atom. The first-order valence-electron chi connectivity index (χ1n) is 19.1. The van der Waals surface area contributed by atoms with Gasteiger partial charge in [-0.15, -0.1) is 0 Å². The van der Waals surface area contributed by atoms with Crippen LogP contribution in [0.5, 0.6) is 28.7 Å². The standard InChI is InChI=1S/C42H57N3O11Si/c1-13-16-51-39-33-27(18-25(4)36(39)49-10)19-29-30(21-43)44(31(22-56-57(11,12)42(6,7)8)35(33)45(29)41(47)52-17-14-2)34(40(46)50-15-3)28-20-32(53-23-48-9)26(5)37-38(28)55-24-54-37/h13-14,18,20,29-31,34-35H,1-2,15-17,19,22-24H2,3-12H3/t29-,30+,31+,34-,35-/m1/s1. The highest BCUT2D eigenvalue weighted by Crippen LogP contribution is 2.55. The van der Waals surface area contributed by atoms with Gasteiger partial charge in [0.25, 0.3) is 0 Å². The molecular formula is C42H57N3O11Si. The summed E-state index contributed by atoms with van der Waals surface area (Å²) in [6, 6.07) is 1.27. The summed E-state index contributed by atoms with van der Waals surface area (Å²) in [5.41, 5.74) is 3.34. The molecule has 0 aromatic heterocycles. The van der Waals surface area contributed by atoms with Crippen LogP contribution >= 0.6 is 0 Å². The highest BCUT2D eigenvalue weighted by molar-refractivity contribution is 6.74. The van der Waals surface area contributed by atoms with Crippen molar-refractivity contribution >= 4 is 20.4 Å². The Labute approximate surface area is 337 Å². The minimum absolute atomic E-state index is 0.00216. The molecule has 14 nitrogen and oxygen atoms in total. The van der Waals surface area contributed by atoms with Gasteiger partial charge in [0.1, 0.15) is 31.0 Å². The van der Waals surface area contributed by atoms with E-state index in [0.717, 1.165) is 11.1 Å². The number of carbonyl (C=O) groups excluding carboxylic acids is 2. The van der Waals surface area contributed by atoms with Gasteiger partial charge >= 0.3 is 12.1 Å². The van der Waals surface area contributed by atoms with E-state index in [1.165, 1.54) is 13.2 Å². The number of aryl methyl sites for hydroxylation is 1. The first-order valence-corrected chi connectivity index (χ1v) is 22.0. The van der Waals surface area contributed by atoms with Crippen molar-refractivity contribution in [3.8, 4) is 34.8 Å². The van der Waals surface area contributed by atoms with Gasteiger partial charge in [-0.1, -0.05) is 52.1 Å². The summed E-state index contributed by atoms with van der Waals surface area (Å²) in [5, 5.41) is 11.2. The molecule has 1 amide bonds. The van der Waals surface area contributed by atoms with Crippen LogP contribution in [0.15, 0.2) is 37.4 Å². The van der Waals surface area contributed by atoms with Crippen molar-refractivity contribution in [2.75, 3.05) is 54.2 Å². The second-order valence-electron chi connectivity index (χ2n) is 15.7. The molecule has 2 aromatic carbocycles. The number of piperazine rings is 1. The minimum atomic E-state index is -2.54. The van der Waals surface area contributed by atoms with Crippen molar-refractivity contribution in [2.24, 2.45) is 0 Å². The molecule has 3 aliphatic heterocycles. The van der Waals surface area contributed by atoms with Crippen molar-refractivity contribution in [3.63, 3.8) is 0 Å². The van der Waals surface area contributed by atoms with Gasteiger partial charge in [-0.2, -0.15) is 5.26 Å². The predicted molar refractivity (Wildman–Crippen MR) is 214 cm³/mol. The maximum atomic E-state index is 14.8. The molecule has 5 atom stereocenters. The second-order valence-corrected chi connectivity index (χ2v) is 20.5. The molecule has 0 unspecified atom stereocenters. The average molecular weight is 808 g/mol. The normalized spacial score (nSPS) is 20.5. The molecule has 0 aliphatic carbocycles. The number of esters is 1. The second kappa shape index (κ2) is 17.8. The van der Waals surface area contributed by atoms with Gasteiger partial charge in [0.05, 0.1) is 44.5 Å².